The van der Waals surface area contributed by atoms with Gasteiger partial charge in [0.2, 0.25) is 5.95 Å². The van der Waals surface area contributed by atoms with Gasteiger partial charge in [-0.3, -0.25) is 4.79 Å². The van der Waals surface area contributed by atoms with Gasteiger partial charge in [0.25, 0.3) is 5.91 Å². The van der Waals surface area contributed by atoms with E-state index >= 15 is 0 Å². The lowest BCUT2D eigenvalue weighted by Crippen LogP contribution is -2.21. The molecule has 0 bridgehead atoms. The Balaban J connectivity index is 1.81. The van der Waals surface area contributed by atoms with Crippen LogP contribution < -0.4 is 15.1 Å². The molecular weight excluding hydrogens is 328 g/mol. The number of carbonyl (C=O) groups is 1. The molecule has 2 aromatic heterocycles. The van der Waals surface area contributed by atoms with Crippen LogP contribution in [0.5, 0.6) is 0 Å². The number of anilines is 3. The van der Waals surface area contributed by atoms with Crippen LogP contribution in [-0.4, -0.2) is 48.6 Å². The van der Waals surface area contributed by atoms with Crippen molar-refractivity contribution in [3.63, 3.8) is 0 Å². The van der Waals surface area contributed by atoms with E-state index in [1.807, 2.05) is 79.2 Å². The molecule has 0 unspecified atom stereocenters. The summed E-state index contributed by atoms with van der Waals surface area (Å²) in [5, 5.41) is 2.90. The fraction of sp³-hybridized carbons (Fsp3) is 0.211. The van der Waals surface area contributed by atoms with Crippen LogP contribution in [0.1, 0.15) is 10.4 Å². The molecule has 0 radical (unpaired) electrons. The number of nitrogens with one attached hydrogen (secondary N) is 1. The molecule has 3 aromatic rings. The number of amides is 1. The molecular formula is C19H22N6O. The smallest absolute Gasteiger partial charge is 0.255 e. The van der Waals surface area contributed by atoms with Crippen molar-refractivity contribution in [1.82, 2.24) is 14.5 Å². The molecule has 7 nitrogen and oxygen atoms in total. The second kappa shape index (κ2) is 7.26. The van der Waals surface area contributed by atoms with Crippen LogP contribution in [0.2, 0.25) is 0 Å². The highest BCUT2D eigenvalue weighted by Gasteiger charge is 2.14. The van der Waals surface area contributed by atoms with Crippen molar-refractivity contribution in [3.8, 4) is 5.69 Å². The highest BCUT2D eigenvalue weighted by Crippen LogP contribution is 2.23. The van der Waals surface area contributed by atoms with Gasteiger partial charge in [0.15, 0.2) is 5.82 Å². The summed E-state index contributed by atoms with van der Waals surface area (Å²) in [6, 6.07) is 11.3. The lowest BCUT2D eigenvalue weighted by atomic mass is 10.2. The molecule has 1 aromatic carbocycles. The Labute approximate surface area is 152 Å². The van der Waals surface area contributed by atoms with Gasteiger partial charge in [-0.25, -0.2) is 4.98 Å². The molecule has 0 aliphatic carbocycles. The Morgan fingerprint density at radius 2 is 1.65 bits per heavy atom. The van der Waals surface area contributed by atoms with Crippen LogP contribution in [0.15, 0.2) is 55.0 Å². The van der Waals surface area contributed by atoms with E-state index in [9.17, 15) is 4.79 Å². The molecule has 0 fully saturated rings. The molecule has 2 heterocycles. The van der Waals surface area contributed by atoms with Crippen LogP contribution in [0.4, 0.5) is 17.5 Å². The third kappa shape index (κ3) is 3.66. The Morgan fingerprint density at radius 3 is 2.23 bits per heavy atom. The number of benzene rings is 1. The normalized spacial score (nSPS) is 10.5. The maximum Gasteiger partial charge on any atom is 0.255 e. The number of hydrogen-bond donors (Lipinski definition) is 1. The highest BCUT2D eigenvalue weighted by molar-refractivity contribution is 6.05. The van der Waals surface area contributed by atoms with E-state index in [0.29, 0.717) is 23.0 Å². The van der Waals surface area contributed by atoms with Gasteiger partial charge in [0.05, 0.1) is 6.20 Å². The number of carbonyl (C=O) groups excluding carboxylic acids is 1. The van der Waals surface area contributed by atoms with E-state index in [-0.39, 0.29) is 5.91 Å². The second-order valence-electron chi connectivity index (χ2n) is 6.29. The van der Waals surface area contributed by atoms with Crippen LogP contribution in [0.25, 0.3) is 5.69 Å². The minimum Gasteiger partial charge on any atom is -0.361 e. The molecule has 0 aliphatic heterocycles. The molecule has 0 atom stereocenters. The third-order valence-electron chi connectivity index (χ3n) is 3.86. The van der Waals surface area contributed by atoms with Gasteiger partial charge >= 0.3 is 0 Å². The lowest BCUT2D eigenvalue weighted by molar-refractivity contribution is 0.102. The Bertz CT molecular complexity index is 885. The highest BCUT2D eigenvalue weighted by atomic mass is 16.1. The Morgan fingerprint density at radius 1 is 1.00 bits per heavy atom. The van der Waals surface area contributed by atoms with Gasteiger partial charge in [-0.15, -0.1) is 0 Å². The van der Waals surface area contributed by atoms with Crippen molar-refractivity contribution in [2.45, 2.75) is 0 Å². The predicted octanol–water partition coefficient (Wildman–Crippen LogP) is 2.65. The molecule has 0 aliphatic rings. The summed E-state index contributed by atoms with van der Waals surface area (Å²) < 4.78 is 1.99. The number of rotatable bonds is 5. The van der Waals surface area contributed by atoms with Gasteiger partial charge in [-0.05, 0) is 36.4 Å². The zero-order valence-electron chi connectivity index (χ0n) is 15.3. The zero-order chi connectivity index (χ0) is 18.7. The quantitative estimate of drug-likeness (QED) is 0.766. The fourth-order valence-electron chi connectivity index (χ4n) is 2.49. The third-order valence-corrected chi connectivity index (χ3v) is 3.86. The molecule has 0 saturated heterocycles. The first-order chi connectivity index (χ1) is 12.5. The van der Waals surface area contributed by atoms with E-state index in [2.05, 4.69) is 15.3 Å². The fourth-order valence-corrected chi connectivity index (χ4v) is 2.49. The number of hydrogen-bond acceptors (Lipinski definition) is 5. The summed E-state index contributed by atoms with van der Waals surface area (Å²) in [4.78, 5) is 25.0. The lowest BCUT2D eigenvalue weighted by Gasteiger charge is -2.19. The van der Waals surface area contributed by atoms with Crippen LogP contribution in [-0.2, 0) is 0 Å². The van der Waals surface area contributed by atoms with E-state index < -0.39 is 0 Å². The van der Waals surface area contributed by atoms with Crippen molar-refractivity contribution in [2.24, 2.45) is 0 Å². The van der Waals surface area contributed by atoms with E-state index in [4.69, 9.17) is 0 Å². The summed E-state index contributed by atoms with van der Waals surface area (Å²) >= 11 is 0. The van der Waals surface area contributed by atoms with Crippen molar-refractivity contribution in [3.05, 3.63) is 60.6 Å². The Kier molecular flexibility index (Phi) is 4.88. The minimum atomic E-state index is -0.201. The van der Waals surface area contributed by atoms with Crippen molar-refractivity contribution in [1.29, 1.82) is 0 Å². The molecule has 134 valence electrons. The molecule has 3 rings (SSSR count). The minimum absolute atomic E-state index is 0.201. The van der Waals surface area contributed by atoms with Gasteiger partial charge in [0.1, 0.15) is 5.69 Å². The second-order valence-corrected chi connectivity index (χ2v) is 6.29. The predicted molar refractivity (Wildman–Crippen MR) is 104 cm³/mol. The average molecular weight is 350 g/mol. The van der Waals surface area contributed by atoms with E-state index in [0.717, 1.165) is 5.69 Å². The standard InChI is InChI=1S/C19H22N6O/c1-23(2)17-16(13-20-19(22-17)24(3)4)21-18(26)14-7-9-15(10-8-14)25-11-5-6-12-25/h5-13H,1-4H3,(H,21,26). The molecule has 1 N–H and O–H groups in total. The number of aromatic nitrogens is 3. The Hall–Kier alpha value is -3.35. The van der Waals surface area contributed by atoms with E-state index in [1.54, 1.807) is 18.3 Å². The van der Waals surface area contributed by atoms with Crippen molar-refractivity contribution >= 4 is 23.4 Å². The molecule has 7 heteroatoms. The molecule has 0 saturated carbocycles. The summed E-state index contributed by atoms with van der Waals surface area (Å²) in [6.07, 6.45) is 5.55. The van der Waals surface area contributed by atoms with Crippen molar-refractivity contribution < 1.29 is 4.79 Å². The van der Waals surface area contributed by atoms with Crippen LogP contribution in [0.3, 0.4) is 0 Å². The average Bonchev–Trinajstić information content (AvgIpc) is 3.16. The first kappa shape index (κ1) is 17.5. The monoisotopic (exact) mass is 350 g/mol. The van der Waals surface area contributed by atoms with Gasteiger partial charge in [0, 0.05) is 51.8 Å². The van der Waals surface area contributed by atoms with Gasteiger partial charge < -0.3 is 19.7 Å². The van der Waals surface area contributed by atoms with Gasteiger partial charge in [-0.2, -0.15) is 4.98 Å². The molecule has 1 amide bonds. The van der Waals surface area contributed by atoms with E-state index in [1.165, 1.54) is 0 Å². The zero-order valence-corrected chi connectivity index (χ0v) is 15.3. The summed E-state index contributed by atoms with van der Waals surface area (Å²) in [6.45, 7) is 0. The first-order valence-electron chi connectivity index (χ1n) is 8.22. The molecule has 26 heavy (non-hydrogen) atoms. The summed E-state index contributed by atoms with van der Waals surface area (Å²) in [5.74, 6) is 1.04. The number of nitrogens with zero attached hydrogens (tertiary/aromatic N) is 5. The topological polar surface area (TPSA) is 66.3 Å². The maximum absolute atomic E-state index is 12.6. The largest absolute Gasteiger partial charge is 0.361 e. The van der Waals surface area contributed by atoms with Gasteiger partial charge in [-0.1, -0.05) is 0 Å². The molecule has 0 spiro atoms. The maximum atomic E-state index is 12.6. The van der Waals surface area contributed by atoms with Crippen LogP contribution >= 0.6 is 0 Å². The summed E-state index contributed by atoms with van der Waals surface area (Å²) in [5.41, 5.74) is 2.14. The first-order valence-corrected chi connectivity index (χ1v) is 8.22. The van der Waals surface area contributed by atoms with Crippen LogP contribution in [0, 0.1) is 0 Å². The van der Waals surface area contributed by atoms with Crippen molar-refractivity contribution in [2.75, 3.05) is 43.3 Å². The summed E-state index contributed by atoms with van der Waals surface area (Å²) in [7, 11) is 7.51. The SMILES string of the molecule is CN(C)c1ncc(NC(=O)c2ccc(-n3cccc3)cc2)c(N(C)C)n1.